The van der Waals surface area contributed by atoms with E-state index < -0.39 is 0 Å². The number of hydrogen-bond donors (Lipinski definition) is 1. The zero-order valence-electron chi connectivity index (χ0n) is 12.2. The van der Waals surface area contributed by atoms with E-state index in [9.17, 15) is 0 Å². The van der Waals surface area contributed by atoms with Crippen LogP contribution in [0, 0.1) is 6.92 Å². The minimum atomic E-state index is 0.727. The standard InChI is InChI=1S/C16H22N2OS/c1-12-13(8-15(19-12)9-17-14-5-6-14)10-18(2)11-16-4-3-7-20-16/h3-4,7-8,14,17H,5-6,9-11H2,1-2H3. The molecule has 1 fully saturated rings. The van der Waals surface area contributed by atoms with E-state index in [-0.39, 0.29) is 0 Å². The molecule has 0 radical (unpaired) electrons. The summed E-state index contributed by atoms with van der Waals surface area (Å²) >= 11 is 1.81. The summed E-state index contributed by atoms with van der Waals surface area (Å²) in [4.78, 5) is 3.74. The van der Waals surface area contributed by atoms with Crippen LogP contribution in [0.3, 0.4) is 0 Å². The van der Waals surface area contributed by atoms with E-state index in [4.69, 9.17) is 4.42 Å². The van der Waals surface area contributed by atoms with Crippen molar-refractivity contribution in [3.8, 4) is 0 Å². The molecule has 108 valence electrons. The number of thiophene rings is 1. The van der Waals surface area contributed by atoms with Gasteiger partial charge in [0.1, 0.15) is 11.5 Å². The van der Waals surface area contributed by atoms with Gasteiger partial charge in [-0.25, -0.2) is 0 Å². The predicted octanol–water partition coefficient (Wildman–Crippen LogP) is 3.53. The van der Waals surface area contributed by atoms with E-state index in [1.807, 2.05) is 11.3 Å². The molecule has 1 saturated carbocycles. The smallest absolute Gasteiger partial charge is 0.118 e. The van der Waals surface area contributed by atoms with Gasteiger partial charge < -0.3 is 9.73 Å². The first-order valence-electron chi connectivity index (χ1n) is 7.23. The monoisotopic (exact) mass is 290 g/mol. The van der Waals surface area contributed by atoms with Crippen molar-refractivity contribution in [2.24, 2.45) is 0 Å². The van der Waals surface area contributed by atoms with E-state index in [0.29, 0.717) is 0 Å². The zero-order valence-corrected chi connectivity index (χ0v) is 13.0. The molecule has 1 N–H and O–H groups in total. The van der Waals surface area contributed by atoms with E-state index in [0.717, 1.165) is 37.2 Å². The van der Waals surface area contributed by atoms with Gasteiger partial charge in [0.15, 0.2) is 0 Å². The van der Waals surface area contributed by atoms with Gasteiger partial charge in [-0.15, -0.1) is 11.3 Å². The minimum absolute atomic E-state index is 0.727. The third-order valence-corrected chi connectivity index (χ3v) is 4.52. The molecule has 0 atom stereocenters. The van der Waals surface area contributed by atoms with Crippen LogP contribution in [0.15, 0.2) is 28.0 Å². The second-order valence-electron chi connectivity index (χ2n) is 5.70. The molecule has 1 aliphatic rings. The fourth-order valence-corrected chi connectivity index (χ4v) is 3.16. The molecule has 2 heterocycles. The fraction of sp³-hybridized carbons (Fsp3) is 0.500. The summed E-state index contributed by atoms with van der Waals surface area (Å²) in [5.41, 5.74) is 1.30. The van der Waals surface area contributed by atoms with Gasteiger partial charge in [0, 0.05) is 29.6 Å². The molecule has 4 heteroatoms. The molecule has 0 aliphatic heterocycles. The van der Waals surface area contributed by atoms with Crippen LogP contribution in [-0.4, -0.2) is 18.0 Å². The highest BCUT2D eigenvalue weighted by Crippen LogP contribution is 2.22. The lowest BCUT2D eigenvalue weighted by Crippen LogP contribution is -2.16. The van der Waals surface area contributed by atoms with E-state index in [2.05, 4.69) is 47.8 Å². The largest absolute Gasteiger partial charge is 0.465 e. The van der Waals surface area contributed by atoms with Crippen molar-refractivity contribution in [2.45, 2.75) is 45.4 Å². The summed E-state index contributed by atoms with van der Waals surface area (Å²) in [6.07, 6.45) is 2.63. The van der Waals surface area contributed by atoms with Crippen LogP contribution in [-0.2, 0) is 19.6 Å². The van der Waals surface area contributed by atoms with Gasteiger partial charge in [-0.05, 0) is 44.3 Å². The number of furan rings is 1. The Bertz CT molecular complexity index is 543. The third kappa shape index (κ3) is 3.72. The first kappa shape index (κ1) is 13.9. The second-order valence-corrected chi connectivity index (χ2v) is 6.73. The van der Waals surface area contributed by atoms with Crippen LogP contribution in [0.4, 0.5) is 0 Å². The zero-order chi connectivity index (χ0) is 13.9. The van der Waals surface area contributed by atoms with Crippen molar-refractivity contribution in [3.05, 3.63) is 45.5 Å². The number of rotatable bonds is 7. The highest BCUT2D eigenvalue weighted by atomic mass is 32.1. The van der Waals surface area contributed by atoms with Crippen LogP contribution < -0.4 is 5.32 Å². The second kappa shape index (κ2) is 6.12. The first-order valence-corrected chi connectivity index (χ1v) is 8.11. The quantitative estimate of drug-likeness (QED) is 0.845. The van der Waals surface area contributed by atoms with Gasteiger partial charge in [0.05, 0.1) is 6.54 Å². The maximum absolute atomic E-state index is 5.84. The predicted molar refractivity (Wildman–Crippen MR) is 82.8 cm³/mol. The molecule has 2 aromatic rings. The summed E-state index contributed by atoms with van der Waals surface area (Å²) in [7, 11) is 2.16. The topological polar surface area (TPSA) is 28.4 Å². The minimum Gasteiger partial charge on any atom is -0.465 e. The van der Waals surface area contributed by atoms with E-state index in [1.54, 1.807) is 0 Å². The summed E-state index contributed by atoms with van der Waals surface area (Å²) in [5, 5.41) is 5.63. The number of hydrogen-bond acceptors (Lipinski definition) is 4. The Morgan fingerprint density at radius 1 is 1.40 bits per heavy atom. The van der Waals surface area contributed by atoms with Gasteiger partial charge in [0.2, 0.25) is 0 Å². The van der Waals surface area contributed by atoms with Crippen LogP contribution in [0.2, 0.25) is 0 Å². The average Bonchev–Trinajstić information content (AvgIpc) is 2.99. The third-order valence-electron chi connectivity index (χ3n) is 3.66. The molecular weight excluding hydrogens is 268 g/mol. The Labute approximate surface area is 124 Å². The Kier molecular flexibility index (Phi) is 4.24. The average molecular weight is 290 g/mol. The number of nitrogens with one attached hydrogen (secondary N) is 1. The highest BCUT2D eigenvalue weighted by Gasteiger charge is 2.21. The van der Waals surface area contributed by atoms with E-state index in [1.165, 1.54) is 23.3 Å². The van der Waals surface area contributed by atoms with Gasteiger partial charge >= 0.3 is 0 Å². The summed E-state index contributed by atoms with van der Waals surface area (Å²) in [6, 6.07) is 7.23. The van der Waals surface area contributed by atoms with Gasteiger partial charge in [-0.3, -0.25) is 4.90 Å². The Morgan fingerprint density at radius 2 is 2.25 bits per heavy atom. The molecule has 1 aliphatic carbocycles. The van der Waals surface area contributed by atoms with Crippen LogP contribution in [0.5, 0.6) is 0 Å². The van der Waals surface area contributed by atoms with Crippen molar-refractivity contribution in [1.29, 1.82) is 0 Å². The molecule has 0 bridgehead atoms. The number of aryl methyl sites for hydroxylation is 1. The van der Waals surface area contributed by atoms with Gasteiger partial charge in [-0.1, -0.05) is 6.07 Å². The summed E-state index contributed by atoms with van der Waals surface area (Å²) < 4.78 is 5.84. The molecule has 0 aromatic carbocycles. The molecule has 3 nitrogen and oxygen atoms in total. The fourth-order valence-electron chi connectivity index (χ4n) is 2.38. The highest BCUT2D eigenvalue weighted by molar-refractivity contribution is 7.09. The van der Waals surface area contributed by atoms with Crippen LogP contribution >= 0.6 is 11.3 Å². The Morgan fingerprint density at radius 3 is 2.95 bits per heavy atom. The molecular formula is C16H22N2OS. The maximum Gasteiger partial charge on any atom is 0.118 e. The van der Waals surface area contributed by atoms with Crippen molar-refractivity contribution >= 4 is 11.3 Å². The van der Waals surface area contributed by atoms with Crippen molar-refractivity contribution in [2.75, 3.05) is 7.05 Å². The molecule has 0 saturated heterocycles. The summed E-state index contributed by atoms with van der Waals surface area (Å²) in [5.74, 6) is 2.12. The molecule has 20 heavy (non-hydrogen) atoms. The van der Waals surface area contributed by atoms with Gasteiger partial charge in [0.25, 0.3) is 0 Å². The van der Waals surface area contributed by atoms with Crippen LogP contribution in [0.1, 0.15) is 34.8 Å². The van der Waals surface area contributed by atoms with Gasteiger partial charge in [-0.2, -0.15) is 0 Å². The first-order chi connectivity index (χ1) is 9.70. The Balaban J connectivity index is 1.55. The van der Waals surface area contributed by atoms with Crippen molar-refractivity contribution in [1.82, 2.24) is 10.2 Å². The summed E-state index contributed by atoms with van der Waals surface area (Å²) in [6.45, 7) is 4.86. The molecule has 0 unspecified atom stereocenters. The maximum atomic E-state index is 5.84. The SMILES string of the molecule is Cc1oc(CNC2CC2)cc1CN(C)Cc1cccs1. The number of nitrogens with zero attached hydrogens (tertiary/aromatic N) is 1. The van der Waals surface area contributed by atoms with Crippen LogP contribution in [0.25, 0.3) is 0 Å². The van der Waals surface area contributed by atoms with E-state index >= 15 is 0 Å². The lowest BCUT2D eigenvalue weighted by atomic mass is 10.2. The molecule has 0 amide bonds. The normalized spacial score (nSPS) is 15.2. The van der Waals surface area contributed by atoms with Crippen molar-refractivity contribution < 1.29 is 4.42 Å². The molecule has 0 spiro atoms. The Hall–Kier alpha value is -1.10. The molecule has 3 rings (SSSR count). The molecule has 2 aromatic heterocycles. The lowest BCUT2D eigenvalue weighted by molar-refractivity contribution is 0.319. The van der Waals surface area contributed by atoms with Crippen molar-refractivity contribution in [3.63, 3.8) is 0 Å². The lowest BCUT2D eigenvalue weighted by Gasteiger charge is -2.14.